The predicted octanol–water partition coefficient (Wildman–Crippen LogP) is -0.125. The van der Waals surface area contributed by atoms with E-state index in [4.69, 9.17) is 23.7 Å². The molecule has 0 bridgehead atoms. The summed E-state index contributed by atoms with van der Waals surface area (Å²) in [6.07, 6.45) is -14.1. The Hall–Kier alpha value is -1.87. The molecule has 0 amide bonds. The molecule has 2 heterocycles. The SMILES string of the molecule is CC(C)CC(=O)OC1C(O)C(CO)OC(OC2C(CO)OC(Oc3ccc(CC(C)(C)C)cc3)C(O)C2O)C1O. The fourth-order valence-electron chi connectivity index (χ4n) is 4.74. The Morgan fingerprint density at radius 3 is 2.00 bits per heavy atom. The van der Waals surface area contributed by atoms with Gasteiger partial charge in [0.05, 0.1) is 13.2 Å². The Kier molecular flexibility index (Phi) is 11.3. The fourth-order valence-corrected chi connectivity index (χ4v) is 4.74. The zero-order valence-corrected chi connectivity index (χ0v) is 23.6. The van der Waals surface area contributed by atoms with Gasteiger partial charge in [0, 0.05) is 6.42 Å². The van der Waals surface area contributed by atoms with E-state index in [0.29, 0.717) is 5.75 Å². The number of aliphatic hydroxyl groups is 6. The second kappa shape index (κ2) is 13.9. The van der Waals surface area contributed by atoms with Gasteiger partial charge in [-0.05, 0) is 35.4 Å². The lowest BCUT2D eigenvalue weighted by molar-refractivity contribution is -0.353. The number of esters is 1. The molecule has 10 unspecified atom stereocenters. The van der Waals surface area contributed by atoms with E-state index in [1.807, 2.05) is 12.1 Å². The van der Waals surface area contributed by atoms with Gasteiger partial charge in [-0.3, -0.25) is 4.79 Å². The maximum absolute atomic E-state index is 12.2. The minimum atomic E-state index is -1.72. The van der Waals surface area contributed by atoms with Crippen LogP contribution in [-0.4, -0.2) is 111 Å². The van der Waals surface area contributed by atoms with E-state index in [1.54, 1.807) is 26.0 Å². The van der Waals surface area contributed by atoms with E-state index in [0.717, 1.165) is 12.0 Å². The third-order valence-corrected chi connectivity index (χ3v) is 6.69. The maximum atomic E-state index is 12.2. The van der Waals surface area contributed by atoms with E-state index in [2.05, 4.69) is 20.8 Å². The van der Waals surface area contributed by atoms with Crippen LogP contribution in [0.25, 0.3) is 0 Å². The molecule has 40 heavy (non-hydrogen) atoms. The molecule has 1 aromatic carbocycles. The van der Waals surface area contributed by atoms with Gasteiger partial charge in [-0.2, -0.15) is 0 Å². The van der Waals surface area contributed by atoms with E-state index in [-0.39, 0.29) is 17.8 Å². The van der Waals surface area contributed by atoms with Crippen molar-refractivity contribution in [3.63, 3.8) is 0 Å². The lowest BCUT2D eigenvalue weighted by Crippen LogP contribution is -2.65. The fraction of sp³-hybridized carbons (Fsp3) is 0.750. The molecule has 0 spiro atoms. The van der Waals surface area contributed by atoms with Crippen LogP contribution in [0, 0.1) is 11.3 Å². The van der Waals surface area contributed by atoms with Crippen LogP contribution in [0.15, 0.2) is 24.3 Å². The zero-order valence-electron chi connectivity index (χ0n) is 23.6. The number of ether oxygens (including phenoxy) is 5. The summed E-state index contributed by atoms with van der Waals surface area (Å²) in [6.45, 7) is 8.63. The van der Waals surface area contributed by atoms with Gasteiger partial charge in [0.15, 0.2) is 12.4 Å². The van der Waals surface area contributed by atoms with Crippen molar-refractivity contribution in [2.24, 2.45) is 11.3 Å². The van der Waals surface area contributed by atoms with Crippen LogP contribution in [0.1, 0.15) is 46.6 Å². The predicted molar refractivity (Wildman–Crippen MR) is 140 cm³/mol. The molecule has 2 aliphatic rings. The first kappa shape index (κ1) is 32.6. The third-order valence-electron chi connectivity index (χ3n) is 6.69. The number of hydrogen-bond acceptors (Lipinski definition) is 12. The smallest absolute Gasteiger partial charge is 0.306 e. The average Bonchev–Trinajstić information content (AvgIpc) is 2.87. The van der Waals surface area contributed by atoms with Crippen LogP contribution in [0.2, 0.25) is 0 Å². The molecule has 6 N–H and O–H groups in total. The van der Waals surface area contributed by atoms with Gasteiger partial charge in [-0.1, -0.05) is 46.8 Å². The van der Waals surface area contributed by atoms with Gasteiger partial charge in [0.2, 0.25) is 6.29 Å². The maximum Gasteiger partial charge on any atom is 0.306 e. The molecule has 10 atom stereocenters. The van der Waals surface area contributed by atoms with Gasteiger partial charge >= 0.3 is 5.97 Å². The monoisotopic (exact) mass is 572 g/mol. The van der Waals surface area contributed by atoms with Crippen LogP contribution in [-0.2, 0) is 30.2 Å². The first-order valence-electron chi connectivity index (χ1n) is 13.6. The number of benzene rings is 1. The normalized spacial score (nSPS) is 35.0. The molecular formula is C28H44O12. The van der Waals surface area contributed by atoms with Crippen molar-refractivity contribution >= 4 is 5.97 Å². The summed E-state index contributed by atoms with van der Waals surface area (Å²) in [5.74, 6) is -0.339. The number of rotatable bonds is 10. The minimum absolute atomic E-state index is 0.0285. The Balaban J connectivity index is 1.70. The lowest BCUT2D eigenvalue weighted by Gasteiger charge is -2.46. The molecule has 2 saturated heterocycles. The molecule has 1 aromatic rings. The largest absolute Gasteiger partial charge is 0.462 e. The summed E-state index contributed by atoms with van der Waals surface area (Å²) in [5.41, 5.74) is 1.19. The number of aliphatic hydroxyl groups excluding tert-OH is 6. The molecule has 12 heteroatoms. The van der Waals surface area contributed by atoms with Crippen molar-refractivity contribution < 1.29 is 59.1 Å². The molecule has 3 rings (SSSR count). The summed E-state index contributed by atoms with van der Waals surface area (Å²) >= 11 is 0. The molecule has 0 radical (unpaired) electrons. The first-order valence-corrected chi connectivity index (χ1v) is 13.6. The van der Waals surface area contributed by atoms with Crippen molar-refractivity contribution in [3.8, 4) is 5.75 Å². The molecule has 12 nitrogen and oxygen atoms in total. The highest BCUT2D eigenvalue weighted by atomic mass is 16.7. The molecule has 228 valence electrons. The van der Waals surface area contributed by atoms with Crippen LogP contribution >= 0.6 is 0 Å². The van der Waals surface area contributed by atoms with Crippen LogP contribution in [0.3, 0.4) is 0 Å². The first-order chi connectivity index (χ1) is 18.7. The standard InChI is InChI=1S/C28H44O12/c1-14(2)10-19(31)39-25-20(32)17(12-29)37-27(23(25)35)40-24-18(13-30)38-26(22(34)21(24)33)36-16-8-6-15(7-9-16)11-28(3,4)5/h6-9,14,17-18,20-27,29-30,32-35H,10-13H2,1-5H3. The Morgan fingerprint density at radius 2 is 1.45 bits per heavy atom. The summed E-state index contributed by atoms with van der Waals surface area (Å²) in [4.78, 5) is 12.2. The molecule has 0 saturated carbocycles. The third kappa shape index (κ3) is 8.34. The Morgan fingerprint density at radius 1 is 0.850 bits per heavy atom. The van der Waals surface area contributed by atoms with Gasteiger partial charge in [0.25, 0.3) is 0 Å². The summed E-state index contributed by atoms with van der Waals surface area (Å²) in [7, 11) is 0. The van der Waals surface area contributed by atoms with Gasteiger partial charge in [0.1, 0.15) is 48.5 Å². The van der Waals surface area contributed by atoms with E-state index in [9.17, 15) is 35.4 Å². The lowest BCUT2D eigenvalue weighted by atomic mass is 9.88. The number of hydrogen-bond donors (Lipinski definition) is 6. The minimum Gasteiger partial charge on any atom is -0.462 e. The van der Waals surface area contributed by atoms with E-state index in [1.165, 1.54) is 0 Å². The number of carbonyl (C=O) groups is 1. The van der Waals surface area contributed by atoms with E-state index < -0.39 is 80.6 Å². The highest BCUT2D eigenvalue weighted by Gasteiger charge is 2.52. The molecule has 2 fully saturated rings. The van der Waals surface area contributed by atoms with Crippen LogP contribution in [0.4, 0.5) is 0 Å². The number of carbonyl (C=O) groups excluding carboxylic acids is 1. The highest BCUT2D eigenvalue weighted by Crippen LogP contribution is 2.31. The van der Waals surface area contributed by atoms with Gasteiger partial charge < -0.3 is 54.3 Å². The van der Waals surface area contributed by atoms with E-state index >= 15 is 0 Å². The molecule has 0 aromatic heterocycles. The van der Waals surface area contributed by atoms with Crippen molar-refractivity contribution in [1.29, 1.82) is 0 Å². The van der Waals surface area contributed by atoms with Crippen molar-refractivity contribution in [2.45, 2.75) is 109 Å². The molecule has 2 aliphatic heterocycles. The Bertz CT molecular complexity index is 930. The van der Waals surface area contributed by atoms with Crippen molar-refractivity contribution in [2.75, 3.05) is 13.2 Å². The highest BCUT2D eigenvalue weighted by molar-refractivity contribution is 5.69. The second-order valence-corrected chi connectivity index (χ2v) is 12.1. The molecule has 0 aliphatic carbocycles. The second-order valence-electron chi connectivity index (χ2n) is 12.1. The summed E-state index contributed by atoms with van der Waals surface area (Å²) < 4.78 is 27.9. The topological polar surface area (TPSA) is 185 Å². The summed E-state index contributed by atoms with van der Waals surface area (Å²) in [5, 5.41) is 62.6. The Labute approximate surface area is 234 Å². The van der Waals surface area contributed by atoms with Crippen LogP contribution < -0.4 is 4.74 Å². The van der Waals surface area contributed by atoms with Crippen molar-refractivity contribution in [3.05, 3.63) is 29.8 Å². The van der Waals surface area contributed by atoms with Crippen molar-refractivity contribution in [1.82, 2.24) is 0 Å². The van der Waals surface area contributed by atoms with Gasteiger partial charge in [-0.25, -0.2) is 0 Å². The van der Waals surface area contributed by atoms with Gasteiger partial charge in [-0.15, -0.1) is 0 Å². The summed E-state index contributed by atoms with van der Waals surface area (Å²) in [6, 6.07) is 7.21. The zero-order chi connectivity index (χ0) is 29.8. The average molecular weight is 573 g/mol. The molecular weight excluding hydrogens is 528 g/mol. The quantitative estimate of drug-likeness (QED) is 0.205. The van der Waals surface area contributed by atoms with Crippen LogP contribution in [0.5, 0.6) is 5.75 Å².